The molecule has 0 aliphatic heterocycles. The standard InChI is InChI=1S/C26H37N3O5S/c1-7-27-26(31)21(4)28(18-22-10-8-11-23(17-22)34-5)25(30)12-9-15-29(35(6,32)33)24-16-19(2)13-14-20(24)3/h8,10-11,13-14,16-17,21H,7,9,12,15,18H2,1-6H3,(H,27,31). The Kier molecular flexibility index (Phi) is 10.1. The Labute approximate surface area is 209 Å². The summed E-state index contributed by atoms with van der Waals surface area (Å²) in [6.45, 7) is 8.16. The fourth-order valence-electron chi connectivity index (χ4n) is 3.84. The molecule has 0 bridgehead atoms. The van der Waals surface area contributed by atoms with E-state index in [-0.39, 0.29) is 31.3 Å². The molecule has 0 aliphatic rings. The van der Waals surface area contributed by atoms with Crippen LogP contribution in [0, 0.1) is 13.8 Å². The number of hydrogen-bond donors (Lipinski definition) is 1. The van der Waals surface area contributed by atoms with Crippen molar-refractivity contribution >= 4 is 27.5 Å². The number of carbonyl (C=O) groups excluding carboxylic acids is 2. The molecule has 0 spiro atoms. The third kappa shape index (κ3) is 7.99. The van der Waals surface area contributed by atoms with E-state index >= 15 is 0 Å². The summed E-state index contributed by atoms with van der Waals surface area (Å²) in [4.78, 5) is 27.4. The molecule has 35 heavy (non-hydrogen) atoms. The zero-order chi connectivity index (χ0) is 26.2. The number of likely N-dealkylation sites (N-methyl/N-ethyl adjacent to an activating group) is 1. The highest BCUT2D eigenvalue weighted by Crippen LogP contribution is 2.25. The Morgan fingerprint density at radius 1 is 1.11 bits per heavy atom. The predicted molar refractivity (Wildman–Crippen MR) is 139 cm³/mol. The number of nitrogens with zero attached hydrogens (tertiary/aromatic N) is 2. The Morgan fingerprint density at radius 2 is 1.83 bits per heavy atom. The average molecular weight is 504 g/mol. The van der Waals surface area contributed by atoms with E-state index in [1.54, 1.807) is 14.0 Å². The van der Waals surface area contributed by atoms with Crippen LogP contribution in [-0.4, -0.2) is 57.6 Å². The maximum absolute atomic E-state index is 13.3. The molecule has 192 valence electrons. The number of methoxy groups -OCH3 is 1. The van der Waals surface area contributed by atoms with E-state index in [1.165, 1.54) is 15.5 Å². The number of nitrogens with one attached hydrogen (secondary N) is 1. The van der Waals surface area contributed by atoms with Crippen molar-refractivity contribution in [3.05, 3.63) is 59.2 Å². The van der Waals surface area contributed by atoms with E-state index in [0.717, 1.165) is 16.7 Å². The van der Waals surface area contributed by atoms with Gasteiger partial charge in [-0.15, -0.1) is 0 Å². The fourth-order valence-corrected chi connectivity index (χ4v) is 4.86. The third-order valence-electron chi connectivity index (χ3n) is 5.79. The minimum atomic E-state index is -3.54. The van der Waals surface area contributed by atoms with Crippen LogP contribution in [-0.2, 0) is 26.2 Å². The van der Waals surface area contributed by atoms with Crippen molar-refractivity contribution < 1.29 is 22.7 Å². The van der Waals surface area contributed by atoms with Crippen LogP contribution >= 0.6 is 0 Å². The second-order valence-electron chi connectivity index (χ2n) is 8.67. The van der Waals surface area contributed by atoms with E-state index in [0.29, 0.717) is 24.4 Å². The zero-order valence-corrected chi connectivity index (χ0v) is 22.3. The van der Waals surface area contributed by atoms with Crippen LogP contribution in [0.25, 0.3) is 0 Å². The van der Waals surface area contributed by atoms with Gasteiger partial charge in [-0.05, 0) is 69.0 Å². The molecule has 1 unspecified atom stereocenters. The highest BCUT2D eigenvalue weighted by Gasteiger charge is 2.26. The zero-order valence-electron chi connectivity index (χ0n) is 21.5. The van der Waals surface area contributed by atoms with Crippen molar-refractivity contribution in [1.29, 1.82) is 0 Å². The van der Waals surface area contributed by atoms with Crippen LogP contribution < -0.4 is 14.4 Å². The molecule has 2 aromatic rings. The maximum atomic E-state index is 13.3. The largest absolute Gasteiger partial charge is 0.497 e. The van der Waals surface area contributed by atoms with Gasteiger partial charge in [0.1, 0.15) is 11.8 Å². The smallest absolute Gasteiger partial charge is 0.242 e. The van der Waals surface area contributed by atoms with Crippen LogP contribution in [0.4, 0.5) is 5.69 Å². The molecule has 0 radical (unpaired) electrons. The van der Waals surface area contributed by atoms with Gasteiger partial charge in [0.25, 0.3) is 0 Å². The van der Waals surface area contributed by atoms with Gasteiger partial charge in [-0.1, -0.05) is 24.3 Å². The van der Waals surface area contributed by atoms with Gasteiger partial charge in [0.2, 0.25) is 21.8 Å². The van der Waals surface area contributed by atoms with Gasteiger partial charge in [-0.25, -0.2) is 8.42 Å². The van der Waals surface area contributed by atoms with Crippen LogP contribution in [0.5, 0.6) is 5.75 Å². The minimum Gasteiger partial charge on any atom is -0.497 e. The molecule has 9 heteroatoms. The molecule has 1 N–H and O–H groups in total. The number of rotatable bonds is 12. The van der Waals surface area contributed by atoms with Gasteiger partial charge in [0.15, 0.2) is 0 Å². The summed E-state index contributed by atoms with van der Waals surface area (Å²) in [7, 11) is -1.97. The lowest BCUT2D eigenvalue weighted by molar-refractivity contribution is -0.140. The van der Waals surface area contributed by atoms with Crippen molar-refractivity contribution in [1.82, 2.24) is 10.2 Å². The summed E-state index contributed by atoms with van der Waals surface area (Å²) in [5.41, 5.74) is 3.25. The quantitative estimate of drug-likeness (QED) is 0.479. The molecule has 2 rings (SSSR count). The van der Waals surface area contributed by atoms with Crippen LogP contribution in [0.15, 0.2) is 42.5 Å². The lowest BCUT2D eigenvalue weighted by atomic mass is 10.1. The van der Waals surface area contributed by atoms with Gasteiger partial charge < -0.3 is 15.0 Å². The van der Waals surface area contributed by atoms with E-state index in [4.69, 9.17) is 4.74 Å². The van der Waals surface area contributed by atoms with Crippen molar-refractivity contribution in [3.63, 3.8) is 0 Å². The number of hydrogen-bond acceptors (Lipinski definition) is 5. The molecule has 1 atom stereocenters. The molecule has 0 heterocycles. The summed E-state index contributed by atoms with van der Waals surface area (Å²) in [6.07, 6.45) is 1.59. The summed E-state index contributed by atoms with van der Waals surface area (Å²) in [5, 5.41) is 2.77. The molecule has 8 nitrogen and oxygen atoms in total. The topological polar surface area (TPSA) is 96.0 Å². The molecule has 0 fully saturated rings. The first-order chi connectivity index (χ1) is 16.5. The van der Waals surface area contributed by atoms with Crippen LogP contribution in [0.2, 0.25) is 0 Å². The SMILES string of the molecule is CCNC(=O)C(C)N(Cc1cccc(OC)c1)C(=O)CCCN(c1cc(C)ccc1C)S(C)(=O)=O. The van der Waals surface area contributed by atoms with Crippen molar-refractivity contribution in [2.75, 3.05) is 30.8 Å². The Bertz CT molecular complexity index is 1130. The summed E-state index contributed by atoms with van der Waals surface area (Å²) < 4.78 is 31.7. The van der Waals surface area contributed by atoms with Gasteiger partial charge in [-0.3, -0.25) is 13.9 Å². The molecular weight excluding hydrogens is 466 g/mol. The number of carbonyl (C=O) groups is 2. The second kappa shape index (κ2) is 12.6. The van der Waals surface area contributed by atoms with Crippen molar-refractivity contribution in [2.45, 2.75) is 53.1 Å². The number of sulfonamides is 1. The van der Waals surface area contributed by atoms with Crippen LogP contribution in [0.1, 0.15) is 43.4 Å². The minimum absolute atomic E-state index is 0.102. The number of benzene rings is 2. The molecule has 2 amide bonds. The average Bonchev–Trinajstić information content (AvgIpc) is 2.81. The lowest BCUT2D eigenvalue weighted by Gasteiger charge is -2.29. The summed E-state index contributed by atoms with van der Waals surface area (Å²) >= 11 is 0. The van der Waals surface area contributed by atoms with E-state index in [2.05, 4.69) is 5.32 Å². The third-order valence-corrected chi connectivity index (χ3v) is 6.97. The molecule has 0 aromatic heterocycles. The highest BCUT2D eigenvalue weighted by atomic mass is 32.2. The van der Waals surface area contributed by atoms with E-state index < -0.39 is 16.1 Å². The number of ether oxygens (including phenoxy) is 1. The highest BCUT2D eigenvalue weighted by molar-refractivity contribution is 7.92. The number of aryl methyl sites for hydroxylation is 2. The van der Waals surface area contributed by atoms with Crippen molar-refractivity contribution in [2.24, 2.45) is 0 Å². The first-order valence-electron chi connectivity index (χ1n) is 11.7. The normalized spacial score (nSPS) is 12.1. The molecule has 0 saturated carbocycles. The fraction of sp³-hybridized carbons (Fsp3) is 0.462. The maximum Gasteiger partial charge on any atom is 0.242 e. The summed E-state index contributed by atoms with van der Waals surface area (Å²) in [6, 6.07) is 12.3. The van der Waals surface area contributed by atoms with Gasteiger partial charge in [0.05, 0.1) is 19.1 Å². The Balaban J connectivity index is 2.21. The molecule has 0 saturated heterocycles. The number of anilines is 1. The van der Waals surface area contributed by atoms with E-state index in [9.17, 15) is 18.0 Å². The van der Waals surface area contributed by atoms with Crippen molar-refractivity contribution in [3.8, 4) is 5.75 Å². The first kappa shape index (κ1) is 28.2. The molecular formula is C26H37N3O5S. The molecule has 2 aromatic carbocycles. The second-order valence-corrected chi connectivity index (χ2v) is 10.6. The number of amides is 2. The lowest BCUT2D eigenvalue weighted by Crippen LogP contribution is -2.47. The Morgan fingerprint density at radius 3 is 2.46 bits per heavy atom. The monoisotopic (exact) mass is 503 g/mol. The van der Waals surface area contributed by atoms with Crippen LogP contribution in [0.3, 0.4) is 0 Å². The Hall–Kier alpha value is -3.07. The summed E-state index contributed by atoms with van der Waals surface area (Å²) in [5.74, 6) is 0.204. The van der Waals surface area contributed by atoms with Gasteiger partial charge in [0, 0.05) is 26.1 Å². The molecule has 0 aliphatic carbocycles. The van der Waals surface area contributed by atoms with Gasteiger partial charge >= 0.3 is 0 Å². The van der Waals surface area contributed by atoms with E-state index in [1.807, 2.05) is 63.2 Å². The van der Waals surface area contributed by atoms with Gasteiger partial charge in [-0.2, -0.15) is 0 Å². The predicted octanol–water partition coefficient (Wildman–Crippen LogP) is 3.41. The first-order valence-corrected chi connectivity index (χ1v) is 13.6.